The van der Waals surface area contributed by atoms with E-state index in [0.717, 1.165) is 34.2 Å². The van der Waals surface area contributed by atoms with Gasteiger partial charge in [0.2, 0.25) is 0 Å². The Morgan fingerprint density at radius 3 is 2.09 bits per heavy atom. The molecule has 0 aliphatic carbocycles. The summed E-state index contributed by atoms with van der Waals surface area (Å²) in [6, 6.07) is 12.1. The minimum absolute atomic E-state index is 0.211. The van der Waals surface area contributed by atoms with Crippen LogP contribution < -0.4 is 15.0 Å². The second-order valence-corrected chi connectivity index (χ2v) is 10.3. The van der Waals surface area contributed by atoms with Gasteiger partial charge in [0.05, 0.1) is 10.6 Å². The van der Waals surface area contributed by atoms with Gasteiger partial charge in [-0.05, 0) is 76.0 Å². The highest BCUT2D eigenvalue weighted by molar-refractivity contribution is 9.10. The van der Waals surface area contributed by atoms with Crippen LogP contribution in [0.3, 0.4) is 0 Å². The van der Waals surface area contributed by atoms with E-state index < -0.39 is 12.0 Å². The first-order valence-corrected chi connectivity index (χ1v) is 12.1. The standard InChI is InChI=1S/C26H36BrNO5/c1-7-26(8-2,19-10-12-22(20(27)14-19)33-16-24(30)28-31)18-9-11-21(17(3)13-18)32-15-23(29)25(4,5)6/h9-14,23,29,31H,7-8,15-16H2,1-6H3,(H,28,30). The number of amides is 1. The minimum Gasteiger partial charge on any atom is -0.491 e. The fraction of sp³-hybridized carbons (Fsp3) is 0.500. The molecular weight excluding hydrogens is 486 g/mol. The SMILES string of the molecule is CCC(CC)(c1ccc(OCC(O)C(C)(C)C)c(C)c1)c1ccc(OCC(=O)NO)c(Br)c1. The lowest BCUT2D eigenvalue weighted by Gasteiger charge is -2.34. The lowest BCUT2D eigenvalue weighted by molar-refractivity contribution is -0.131. The summed E-state index contributed by atoms with van der Waals surface area (Å²) in [7, 11) is 0. The molecule has 182 valence electrons. The van der Waals surface area contributed by atoms with Gasteiger partial charge in [0.1, 0.15) is 18.1 Å². The van der Waals surface area contributed by atoms with Crippen molar-refractivity contribution in [2.24, 2.45) is 5.41 Å². The Morgan fingerprint density at radius 2 is 1.61 bits per heavy atom. The molecule has 33 heavy (non-hydrogen) atoms. The molecule has 2 aromatic rings. The molecule has 2 aromatic carbocycles. The third-order valence-electron chi connectivity index (χ3n) is 6.30. The molecule has 1 amide bonds. The second-order valence-electron chi connectivity index (χ2n) is 9.43. The first-order chi connectivity index (χ1) is 15.5. The van der Waals surface area contributed by atoms with Gasteiger partial charge in [0, 0.05) is 5.41 Å². The van der Waals surface area contributed by atoms with E-state index in [1.54, 1.807) is 5.48 Å². The number of carbonyl (C=O) groups is 1. The topological polar surface area (TPSA) is 88.0 Å². The molecule has 0 saturated heterocycles. The number of rotatable bonds is 10. The molecule has 0 bridgehead atoms. The molecule has 1 atom stereocenters. The number of aliphatic hydroxyl groups is 1. The molecule has 7 heteroatoms. The normalized spacial score (nSPS) is 12.9. The van der Waals surface area contributed by atoms with Crippen LogP contribution in [0.1, 0.15) is 64.2 Å². The largest absolute Gasteiger partial charge is 0.491 e. The molecule has 0 aliphatic rings. The Morgan fingerprint density at radius 1 is 1.03 bits per heavy atom. The molecule has 0 heterocycles. The Balaban J connectivity index is 2.32. The third kappa shape index (κ3) is 6.49. The van der Waals surface area contributed by atoms with E-state index in [0.29, 0.717) is 5.75 Å². The zero-order valence-corrected chi connectivity index (χ0v) is 22.0. The first kappa shape index (κ1) is 27.2. The molecule has 0 spiro atoms. The number of aryl methyl sites for hydroxylation is 1. The summed E-state index contributed by atoms with van der Waals surface area (Å²) in [4.78, 5) is 11.3. The van der Waals surface area contributed by atoms with Crippen molar-refractivity contribution in [1.29, 1.82) is 0 Å². The van der Waals surface area contributed by atoms with Crippen molar-refractivity contribution in [2.75, 3.05) is 13.2 Å². The van der Waals surface area contributed by atoms with E-state index in [4.69, 9.17) is 14.7 Å². The summed E-state index contributed by atoms with van der Waals surface area (Å²) in [5, 5.41) is 19.0. The van der Waals surface area contributed by atoms with Gasteiger partial charge in [-0.25, -0.2) is 5.48 Å². The summed E-state index contributed by atoms with van der Waals surface area (Å²) in [5.74, 6) is 0.686. The van der Waals surface area contributed by atoms with Gasteiger partial charge < -0.3 is 14.6 Å². The van der Waals surface area contributed by atoms with Gasteiger partial charge >= 0.3 is 0 Å². The summed E-state index contributed by atoms with van der Waals surface area (Å²) in [5.41, 5.74) is 4.46. The molecule has 0 radical (unpaired) electrons. The zero-order valence-electron chi connectivity index (χ0n) is 20.4. The molecule has 0 aromatic heterocycles. The van der Waals surface area contributed by atoms with E-state index in [1.165, 1.54) is 5.56 Å². The molecule has 1 unspecified atom stereocenters. The molecule has 0 aliphatic heterocycles. The maximum atomic E-state index is 11.3. The fourth-order valence-corrected chi connectivity index (χ4v) is 4.35. The first-order valence-electron chi connectivity index (χ1n) is 11.3. The van der Waals surface area contributed by atoms with Gasteiger partial charge in [-0.1, -0.05) is 52.8 Å². The van der Waals surface area contributed by atoms with Crippen LogP contribution in [0.2, 0.25) is 0 Å². The van der Waals surface area contributed by atoms with Crippen molar-refractivity contribution in [2.45, 2.75) is 65.9 Å². The molecule has 6 nitrogen and oxygen atoms in total. The summed E-state index contributed by atoms with van der Waals surface area (Å²) in [6.07, 6.45) is 1.24. The van der Waals surface area contributed by atoms with Crippen LogP contribution in [0.15, 0.2) is 40.9 Å². The van der Waals surface area contributed by atoms with Crippen molar-refractivity contribution in [3.8, 4) is 11.5 Å². The average molecular weight is 522 g/mol. The van der Waals surface area contributed by atoms with Crippen LogP contribution in [-0.2, 0) is 10.2 Å². The summed E-state index contributed by atoms with van der Waals surface area (Å²) in [6.45, 7) is 12.3. The second kappa shape index (κ2) is 11.4. The van der Waals surface area contributed by atoms with Crippen molar-refractivity contribution in [1.82, 2.24) is 5.48 Å². The highest BCUT2D eigenvalue weighted by atomic mass is 79.9. The van der Waals surface area contributed by atoms with Crippen molar-refractivity contribution < 1.29 is 24.6 Å². The molecule has 3 N–H and O–H groups in total. The van der Waals surface area contributed by atoms with Crippen molar-refractivity contribution in [3.05, 3.63) is 57.6 Å². The van der Waals surface area contributed by atoms with Crippen LogP contribution in [0.4, 0.5) is 0 Å². The highest BCUT2D eigenvalue weighted by Gasteiger charge is 2.32. The number of halogens is 1. The van der Waals surface area contributed by atoms with Crippen LogP contribution in [0.5, 0.6) is 11.5 Å². The number of carbonyl (C=O) groups excluding carboxylic acids is 1. The fourth-order valence-electron chi connectivity index (χ4n) is 3.85. The van der Waals surface area contributed by atoms with Gasteiger partial charge in [-0.15, -0.1) is 0 Å². The van der Waals surface area contributed by atoms with Gasteiger partial charge in [0.25, 0.3) is 5.91 Å². The molecular formula is C26H36BrNO5. The quantitative estimate of drug-likeness (QED) is 0.282. The lowest BCUT2D eigenvalue weighted by atomic mass is 9.70. The number of aliphatic hydroxyl groups excluding tert-OH is 1. The van der Waals surface area contributed by atoms with E-state index in [2.05, 4.69) is 41.9 Å². The summed E-state index contributed by atoms with van der Waals surface area (Å²) >= 11 is 3.56. The van der Waals surface area contributed by atoms with Crippen molar-refractivity contribution in [3.63, 3.8) is 0 Å². The van der Waals surface area contributed by atoms with Gasteiger partial charge in [0.15, 0.2) is 6.61 Å². The summed E-state index contributed by atoms with van der Waals surface area (Å²) < 4.78 is 12.2. The average Bonchev–Trinajstić information content (AvgIpc) is 2.78. The third-order valence-corrected chi connectivity index (χ3v) is 6.92. The van der Waals surface area contributed by atoms with E-state index in [9.17, 15) is 9.90 Å². The van der Waals surface area contributed by atoms with E-state index >= 15 is 0 Å². The number of hydrogen-bond donors (Lipinski definition) is 3. The molecule has 0 saturated carbocycles. The van der Waals surface area contributed by atoms with Crippen LogP contribution in [0.25, 0.3) is 0 Å². The Bertz CT molecular complexity index is 950. The zero-order chi connectivity index (χ0) is 24.8. The Kier molecular flexibility index (Phi) is 9.35. The smallest absolute Gasteiger partial charge is 0.281 e. The van der Waals surface area contributed by atoms with Gasteiger partial charge in [-0.3, -0.25) is 10.0 Å². The number of hydroxylamine groups is 1. The van der Waals surface area contributed by atoms with E-state index in [1.807, 2.05) is 52.0 Å². The highest BCUT2D eigenvalue weighted by Crippen LogP contribution is 2.42. The van der Waals surface area contributed by atoms with Crippen LogP contribution in [0, 0.1) is 12.3 Å². The van der Waals surface area contributed by atoms with Crippen LogP contribution >= 0.6 is 15.9 Å². The Hall–Kier alpha value is -2.09. The monoisotopic (exact) mass is 521 g/mol. The van der Waals surface area contributed by atoms with Crippen molar-refractivity contribution >= 4 is 21.8 Å². The Labute approximate surface area is 205 Å². The maximum absolute atomic E-state index is 11.3. The maximum Gasteiger partial charge on any atom is 0.281 e. The number of hydrogen-bond acceptors (Lipinski definition) is 5. The van der Waals surface area contributed by atoms with E-state index in [-0.39, 0.29) is 24.0 Å². The van der Waals surface area contributed by atoms with Crippen LogP contribution in [-0.4, -0.2) is 35.5 Å². The number of ether oxygens (including phenoxy) is 2. The number of nitrogens with one attached hydrogen (secondary N) is 1. The predicted molar refractivity (Wildman–Crippen MR) is 133 cm³/mol. The number of benzene rings is 2. The van der Waals surface area contributed by atoms with Gasteiger partial charge in [-0.2, -0.15) is 0 Å². The molecule has 0 fully saturated rings. The predicted octanol–water partition coefficient (Wildman–Crippen LogP) is 5.53. The lowest BCUT2D eigenvalue weighted by Crippen LogP contribution is -2.32. The molecule has 2 rings (SSSR count). The minimum atomic E-state index is -0.616.